The lowest BCUT2D eigenvalue weighted by molar-refractivity contribution is 0.248. The Morgan fingerprint density at radius 3 is 2.50 bits per heavy atom. The molecule has 0 atom stereocenters. The monoisotopic (exact) mass is 272 g/mol. The van der Waals surface area contributed by atoms with Crippen LogP contribution >= 0.6 is 0 Å². The molecule has 1 aliphatic carbocycles. The third-order valence-electron chi connectivity index (χ3n) is 3.42. The van der Waals surface area contributed by atoms with Crippen molar-refractivity contribution in [1.29, 1.82) is 0 Å². The molecular weight excluding hydrogens is 255 g/mol. The fourth-order valence-electron chi connectivity index (χ4n) is 2.15. The van der Waals surface area contributed by atoms with E-state index in [-0.39, 0.29) is 16.1 Å². The van der Waals surface area contributed by atoms with Gasteiger partial charge in [-0.15, -0.1) is 0 Å². The summed E-state index contributed by atoms with van der Waals surface area (Å²) in [6, 6.07) is 2.32. The van der Waals surface area contributed by atoms with Crippen LogP contribution in [0.1, 0.15) is 31.7 Å². The Kier molecular flexibility index (Phi) is 3.11. The molecule has 4 nitrogen and oxygen atoms in total. The van der Waals surface area contributed by atoms with E-state index in [0.29, 0.717) is 5.56 Å². The molecule has 3 N–H and O–H groups in total. The number of hydrogen-bond donors (Lipinski definition) is 2. The largest absolute Gasteiger partial charge is 0.396 e. The van der Waals surface area contributed by atoms with Gasteiger partial charge >= 0.3 is 0 Å². The number of hydrogen-bond acceptors (Lipinski definition) is 3. The Bertz CT molecular complexity index is 580. The van der Waals surface area contributed by atoms with Crippen LogP contribution in [0.3, 0.4) is 0 Å². The Morgan fingerprint density at radius 2 is 2.00 bits per heavy atom. The molecule has 0 unspecified atom stereocenters. The van der Waals surface area contributed by atoms with Crippen LogP contribution in [-0.2, 0) is 10.0 Å². The molecule has 1 fully saturated rings. The summed E-state index contributed by atoms with van der Waals surface area (Å²) in [5.41, 5.74) is 5.25. The second kappa shape index (κ2) is 4.20. The number of nitrogens with two attached hydrogens (primary N) is 1. The molecule has 1 aliphatic rings. The molecule has 0 heterocycles. The van der Waals surface area contributed by atoms with E-state index in [1.807, 2.05) is 6.92 Å². The van der Waals surface area contributed by atoms with Crippen molar-refractivity contribution in [2.24, 2.45) is 0 Å². The van der Waals surface area contributed by atoms with Gasteiger partial charge in [0.25, 0.3) is 0 Å². The number of aryl methyl sites for hydroxylation is 1. The van der Waals surface area contributed by atoms with Crippen LogP contribution in [0.15, 0.2) is 17.0 Å². The quantitative estimate of drug-likeness (QED) is 0.826. The maximum Gasteiger partial charge on any atom is 0.241 e. The molecule has 0 amide bonds. The van der Waals surface area contributed by atoms with Crippen molar-refractivity contribution in [3.63, 3.8) is 0 Å². The number of rotatable bonds is 3. The minimum Gasteiger partial charge on any atom is -0.396 e. The summed E-state index contributed by atoms with van der Waals surface area (Å²) in [4.78, 5) is 0.0505. The summed E-state index contributed by atoms with van der Waals surface area (Å²) < 4.78 is 40.4. The van der Waals surface area contributed by atoms with Crippen molar-refractivity contribution in [1.82, 2.24) is 4.72 Å². The average molecular weight is 272 g/mol. The van der Waals surface area contributed by atoms with Crippen LogP contribution in [0.4, 0.5) is 10.1 Å². The highest BCUT2D eigenvalue weighted by atomic mass is 32.2. The lowest BCUT2D eigenvalue weighted by Gasteiger charge is -2.38. The van der Waals surface area contributed by atoms with Crippen LogP contribution in [0, 0.1) is 12.7 Å². The molecule has 0 spiro atoms. The molecule has 18 heavy (non-hydrogen) atoms. The van der Waals surface area contributed by atoms with Crippen LogP contribution in [-0.4, -0.2) is 14.0 Å². The van der Waals surface area contributed by atoms with Gasteiger partial charge in [0.2, 0.25) is 10.0 Å². The van der Waals surface area contributed by atoms with E-state index in [4.69, 9.17) is 5.73 Å². The first-order valence-corrected chi connectivity index (χ1v) is 7.31. The number of benzene rings is 1. The van der Waals surface area contributed by atoms with E-state index >= 15 is 0 Å². The minimum absolute atomic E-state index is 0.0505. The maximum absolute atomic E-state index is 13.2. The molecule has 0 saturated heterocycles. The fraction of sp³-hybridized carbons (Fsp3) is 0.500. The number of nitrogen functional groups attached to an aromatic ring is 1. The Balaban J connectivity index is 2.38. The maximum atomic E-state index is 13.2. The highest BCUT2D eigenvalue weighted by Gasteiger charge is 2.36. The predicted molar refractivity (Wildman–Crippen MR) is 68.1 cm³/mol. The van der Waals surface area contributed by atoms with Crippen molar-refractivity contribution >= 4 is 15.7 Å². The number of nitrogens with one attached hydrogen (secondary N) is 1. The zero-order chi connectivity index (χ0) is 13.6. The van der Waals surface area contributed by atoms with Crippen molar-refractivity contribution in [2.75, 3.05) is 5.73 Å². The molecular formula is C12H17FN2O2S. The zero-order valence-electron chi connectivity index (χ0n) is 10.5. The number of anilines is 1. The first-order chi connectivity index (χ1) is 8.23. The van der Waals surface area contributed by atoms with Crippen molar-refractivity contribution in [2.45, 2.75) is 43.5 Å². The first-order valence-electron chi connectivity index (χ1n) is 5.83. The van der Waals surface area contributed by atoms with Gasteiger partial charge in [0.15, 0.2) is 0 Å². The van der Waals surface area contributed by atoms with Gasteiger partial charge in [0.05, 0.1) is 10.6 Å². The number of halogens is 1. The van der Waals surface area contributed by atoms with E-state index in [2.05, 4.69) is 4.72 Å². The van der Waals surface area contributed by atoms with E-state index in [9.17, 15) is 12.8 Å². The summed E-state index contributed by atoms with van der Waals surface area (Å²) in [5.74, 6) is -0.596. The SMILES string of the molecule is Cc1cc(F)c(N)cc1S(=O)(=O)NC1(C)CCC1. The van der Waals surface area contributed by atoms with Crippen LogP contribution < -0.4 is 10.5 Å². The Hall–Kier alpha value is -1.14. The topological polar surface area (TPSA) is 72.2 Å². The van der Waals surface area contributed by atoms with Crippen molar-refractivity contribution in [3.8, 4) is 0 Å². The van der Waals surface area contributed by atoms with Gasteiger partial charge in [-0.2, -0.15) is 0 Å². The summed E-state index contributed by atoms with van der Waals surface area (Å²) in [6.45, 7) is 3.43. The molecule has 0 aliphatic heterocycles. The van der Waals surface area contributed by atoms with E-state index < -0.39 is 15.8 Å². The lowest BCUT2D eigenvalue weighted by Crippen LogP contribution is -2.50. The molecule has 0 radical (unpaired) electrons. The summed E-state index contributed by atoms with van der Waals surface area (Å²) in [7, 11) is -3.65. The van der Waals surface area contributed by atoms with E-state index in [1.165, 1.54) is 6.07 Å². The van der Waals surface area contributed by atoms with Gasteiger partial charge < -0.3 is 5.73 Å². The average Bonchev–Trinajstić information content (AvgIpc) is 2.20. The fourth-order valence-corrected chi connectivity index (χ4v) is 3.87. The zero-order valence-corrected chi connectivity index (χ0v) is 11.3. The van der Waals surface area contributed by atoms with Gasteiger partial charge in [-0.05, 0) is 50.8 Å². The van der Waals surface area contributed by atoms with Gasteiger partial charge in [0, 0.05) is 5.54 Å². The predicted octanol–water partition coefficient (Wildman–Crippen LogP) is 1.94. The molecule has 1 aromatic carbocycles. The normalized spacial score (nSPS) is 18.4. The second-order valence-electron chi connectivity index (χ2n) is 5.16. The third-order valence-corrected chi connectivity index (χ3v) is 5.20. The lowest BCUT2D eigenvalue weighted by atomic mass is 9.80. The number of sulfonamides is 1. The van der Waals surface area contributed by atoms with E-state index in [0.717, 1.165) is 25.3 Å². The summed E-state index contributed by atoms with van der Waals surface area (Å²) in [6.07, 6.45) is 2.66. The minimum atomic E-state index is -3.65. The highest BCUT2D eigenvalue weighted by molar-refractivity contribution is 7.89. The van der Waals surface area contributed by atoms with Crippen molar-refractivity contribution < 1.29 is 12.8 Å². The summed E-state index contributed by atoms with van der Waals surface area (Å²) in [5, 5.41) is 0. The third kappa shape index (κ3) is 2.35. The summed E-state index contributed by atoms with van der Waals surface area (Å²) >= 11 is 0. The van der Waals surface area contributed by atoms with Gasteiger partial charge in [-0.25, -0.2) is 17.5 Å². The molecule has 1 aromatic rings. The molecule has 2 rings (SSSR count). The second-order valence-corrected chi connectivity index (χ2v) is 6.81. The molecule has 1 saturated carbocycles. The van der Waals surface area contributed by atoms with Gasteiger partial charge in [-0.1, -0.05) is 0 Å². The van der Waals surface area contributed by atoms with Crippen LogP contribution in [0.25, 0.3) is 0 Å². The standard InChI is InChI=1S/C12H17FN2O2S/c1-8-6-9(13)10(14)7-11(8)18(16,17)15-12(2)4-3-5-12/h6-7,15H,3-5,14H2,1-2H3. The Morgan fingerprint density at radius 1 is 1.39 bits per heavy atom. The molecule has 6 heteroatoms. The molecule has 0 bridgehead atoms. The smallest absolute Gasteiger partial charge is 0.241 e. The molecule has 0 aromatic heterocycles. The van der Waals surface area contributed by atoms with Crippen LogP contribution in [0.5, 0.6) is 0 Å². The van der Waals surface area contributed by atoms with Crippen LogP contribution in [0.2, 0.25) is 0 Å². The first kappa shape index (κ1) is 13.3. The van der Waals surface area contributed by atoms with Gasteiger partial charge in [0.1, 0.15) is 5.82 Å². The Labute approximate surface area is 106 Å². The highest BCUT2D eigenvalue weighted by Crippen LogP contribution is 2.33. The molecule has 100 valence electrons. The van der Waals surface area contributed by atoms with Gasteiger partial charge in [-0.3, -0.25) is 0 Å². The van der Waals surface area contributed by atoms with Crippen molar-refractivity contribution in [3.05, 3.63) is 23.5 Å². The van der Waals surface area contributed by atoms with E-state index in [1.54, 1.807) is 6.92 Å².